The molecule has 0 fully saturated rings. The van der Waals surface area contributed by atoms with Crippen molar-refractivity contribution in [3.8, 4) is 5.75 Å². The smallest absolute Gasteiger partial charge is 0.261 e. The van der Waals surface area contributed by atoms with Crippen molar-refractivity contribution in [2.75, 3.05) is 12.4 Å². The average Bonchev–Trinajstić information content (AvgIpc) is 2.60. The van der Waals surface area contributed by atoms with Gasteiger partial charge in [-0.2, -0.15) is 0 Å². The van der Waals surface area contributed by atoms with E-state index in [0.717, 1.165) is 0 Å². The molecule has 0 heterocycles. The van der Waals surface area contributed by atoms with E-state index in [4.69, 9.17) is 17.0 Å². The van der Waals surface area contributed by atoms with Crippen molar-refractivity contribution in [2.45, 2.75) is 26.3 Å². The van der Waals surface area contributed by atoms with E-state index in [1.54, 1.807) is 48.5 Å². The molecule has 0 radical (unpaired) electrons. The van der Waals surface area contributed by atoms with Gasteiger partial charge in [0.25, 0.3) is 11.8 Å². The van der Waals surface area contributed by atoms with Gasteiger partial charge in [0.2, 0.25) is 0 Å². The van der Waals surface area contributed by atoms with Crippen LogP contribution >= 0.6 is 12.2 Å². The van der Waals surface area contributed by atoms with Gasteiger partial charge in [0.15, 0.2) is 5.11 Å². The van der Waals surface area contributed by atoms with Crippen LogP contribution in [0.15, 0.2) is 48.5 Å². The second-order valence-corrected chi connectivity index (χ2v) is 7.30. The Bertz CT molecular complexity index is 842. The number of rotatable bonds is 4. The lowest BCUT2D eigenvalue weighted by Crippen LogP contribution is -2.40. The zero-order chi connectivity index (χ0) is 20.0. The Morgan fingerprint density at radius 1 is 0.963 bits per heavy atom. The van der Waals surface area contributed by atoms with Gasteiger partial charge in [-0.3, -0.25) is 14.9 Å². The number of ether oxygens (including phenoxy) is 1. The number of nitrogens with one attached hydrogen (secondary N) is 3. The molecule has 0 aliphatic rings. The summed E-state index contributed by atoms with van der Waals surface area (Å²) in [6.07, 6.45) is 0. The highest BCUT2D eigenvalue weighted by molar-refractivity contribution is 7.80. The molecule has 2 aromatic rings. The molecule has 0 atom stereocenters. The summed E-state index contributed by atoms with van der Waals surface area (Å²) in [7, 11) is 1.50. The number of thiocarbonyl (C=S) groups is 1. The number of anilines is 1. The molecule has 0 spiro atoms. The fourth-order valence-electron chi connectivity index (χ4n) is 2.28. The molecule has 0 saturated carbocycles. The fraction of sp³-hybridized carbons (Fsp3) is 0.250. The maximum absolute atomic E-state index is 12.3. The predicted octanol–water partition coefficient (Wildman–Crippen LogP) is 3.35. The second kappa shape index (κ2) is 8.64. The third-order valence-corrected chi connectivity index (χ3v) is 3.68. The molecule has 0 aliphatic carbocycles. The number of carbonyl (C=O) groups excluding carboxylic acids is 2. The van der Waals surface area contributed by atoms with Crippen LogP contribution in [-0.2, 0) is 0 Å². The molecule has 2 amide bonds. The van der Waals surface area contributed by atoms with Crippen molar-refractivity contribution in [1.82, 2.24) is 10.6 Å². The first kappa shape index (κ1) is 20.4. The highest BCUT2D eigenvalue weighted by Gasteiger charge is 2.15. The lowest BCUT2D eigenvalue weighted by atomic mass is 10.1. The van der Waals surface area contributed by atoms with Crippen molar-refractivity contribution in [1.29, 1.82) is 0 Å². The quantitative estimate of drug-likeness (QED) is 0.704. The van der Waals surface area contributed by atoms with Gasteiger partial charge in [-0.05, 0) is 69.4 Å². The number of hydrogen-bond donors (Lipinski definition) is 3. The minimum atomic E-state index is -0.369. The van der Waals surface area contributed by atoms with Crippen molar-refractivity contribution < 1.29 is 14.3 Å². The standard InChI is InChI=1S/C20H23N3O3S/c1-20(2,3)23-17(24)13-9-11-14(12-10-13)21-19(27)22-18(25)15-7-5-6-8-16(15)26-4/h5-12H,1-4H3,(H,23,24)(H2,21,22,25,27). The lowest BCUT2D eigenvalue weighted by molar-refractivity contribution is 0.0918. The Balaban J connectivity index is 1.98. The number of benzene rings is 2. The van der Waals surface area contributed by atoms with Gasteiger partial charge in [-0.25, -0.2) is 0 Å². The predicted molar refractivity (Wildman–Crippen MR) is 110 cm³/mol. The van der Waals surface area contributed by atoms with Crippen LogP contribution in [0.3, 0.4) is 0 Å². The summed E-state index contributed by atoms with van der Waals surface area (Å²) in [6.45, 7) is 5.76. The van der Waals surface area contributed by atoms with E-state index in [9.17, 15) is 9.59 Å². The first-order valence-electron chi connectivity index (χ1n) is 8.37. The van der Waals surface area contributed by atoms with Crippen LogP contribution in [0.2, 0.25) is 0 Å². The third-order valence-electron chi connectivity index (χ3n) is 3.47. The highest BCUT2D eigenvalue weighted by Crippen LogP contribution is 2.17. The van der Waals surface area contributed by atoms with Crippen molar-refractivity contribution in [3.63, 3.8) is 0 Å². The van der Waals surface area contributed by atoms with Crippen molar-refractivity contribution >= 4 is 34.8 Å². The Hall–Kier alpha value is -2.93. The number of amides is 2. The molecule has 0 bridgehead atoms. The Labute approximate surface area is 164 Å². The van der Waals surface area contributed by atoms with Crippen LogP contribution in [0.25, 0.3) is 0 Å². The van der Waals surface area contributed by atoms with Gasteiger partial charge in [-0.15, -0.1) is 0 Å². The van der Waals surface area contributed by atoms with E-state index < -0.39 is 0 Å². The molecule has 7 heteroatoms. The number of hydrogen-bond acceptors (Lipinski definition) is 4. The van der Waals surface area contributed by atoms with E-state index in [2.05, 4.69) is 16.0 Å². The minimum Gasteiger partial charge on any atom is -0.496 e. The molecule has 0 unspecified atom stereocenters. The van der Waals surface area contributed by atoms with Gasteiger partial charge in [0.1, 0.15) is 5.75 Å². The lowest BCUT2D eigenvalue weighted by Gasteiger charge is -2.20. The molecule has 2 aromatic carbocycles. The van der Waals surface area contributed by atoms with Gasteiger partial charge in [-0.1, -0.05) is 12.1 Å². The van der Waals surface area contributed by atoms with Crippen LogP contribution < -0.4 is 20.7 Å². The molecular formula is C20H23N3O3S. The zero-order valence-corrected chi connectivity index (χ0v) is 16.6. The molecule has 2 rings (SSSR count). The van der Waals surface area contributed by atoms with Gasteiger partial charge in [0.05, 0.1) is 12.7 Å². The van der Waals surface area contributed by atoms with Crippen LogP contribution in [0, 0.1) is 0 Å². The van der Waals surface area contributed by atoms with Crippen LogP contribution in [0.4, 0.5) is 5.69 Å². The Morgan fingerprint density at radius 3 is 2.19 bits per heavy atom. The van der Waals surface area contributed by atoms with Gasteiger partial charge in [0, 0.05) is 16.8 Å². The van der Waals surface area contributed by atoms with Crippen LogP contribution in [0.1, 0.15) is 41.5 Å². The monoisotopic (exact) mass is 385 g/mol. The summed E-state index contributed by atoms with van der Waals surface area (Å²) in [5.41, 5.74) is 1.28. The molecule has 0 saturated heterocycles. The first-order chi connectivity index (χ1) is 12.7. The van der Waals surface area contributed by atoms with E-state index in [1.165, 1.54) is 7.11 Å². The summed E-state index contributed by atoms with van der Waals surface area (Å²) in [6, 6.07) is 13.7. The molecule has 6 nitrogen and oxygen atoms in total. The largest absolute Gasteiger partial charge is 0.496 e. The summed E-state index contributed by atoms with van der Waals surface area (Å²) in [4.78, 5) is 24.5. The molecule has 142 valence electrons. The molecule has 0 aliphatic heterocycles. The van der Waals surface area contributed by atoms with E-state index in [0.29, 0.717) is 22.6 Å². The Morgan fingerprint density at radius 2 is 1.59 bits per heavy atom. The summed E-state index contributed by atoms with van der Waals surface area (Å²) in [5.74, 6) is -0.0563. The topological polar surface area (TPSA) is 79.5 Å². The first-order valence-corrected chi connectivity index (χ1v) is 8.78. The highest BCUT2D eigenvalue weighted by atomic mass is 32.1. The fourth-order valence-corrected chi connectivity index (χ4v) is 2.49. The average molecular weight is 385 g/mol. The summed E-state index contributed by atoms with van der Waals surface area (Å²) < 4.78 is 5.17. The van der Waals surface area contributed by atoms with Gasteiger partial charge < -0.3 is 15.4 Å². The number of methoxy groups -OCH3 is 1. The number of para-hydroxylation sites is 1. The maximum Gasteiger partial charge on any atom is 0.261 e. The van der Waals surface area contributed by atoms with E-state index in [-0.39, 0.29) is 22.5 Å². The second-order valence-electron chi connectivity index (χ2n) is 6.89. The van der Waals surface area contributed by atoms with E-state index >= 15 is 0 Å². The minimum absolute atomic E-state index is 0.151. The molecule has 0 aromatic heterocycles. The molecule has 3 N–H and O–H groups in total. The van der Waals surface area contributed by atoms with Gasteiger partial charge >= 0.3 is 0 Å². The third kappa shape index (κ3) is 6.07. The molecule has 27 heavy (non-hydrogen) atoms. The Kier molecular flexibility index (Phi) is 6.52. The van der Waals surface area contributed by atoms with Crippen molar-refractivity contribution in [3.05, 3.63) is 59.7 Å². The van der Waals surface area contributed by atoms with Crippen LogP contribution in [-0.4, -0.2) is 29.6 Å². The maximum atomic E-state index is 12.3. The zero-order valence-electron chi connectivity index (χ0n) is 15.8. The molecular weight excluding hydrogens is 362 g/mol. The summed E-state index contributed by atoms with van der Waals surface area (Å²) in [5, 5.41) is 8.58. The van der Waals surface area contributed by atoms with E-state index in [1.807, 2.05) is 20.8 Å². The normalized spacial score (nSPS) is 10.7. The van der Waals surface area contributed by atoms with Crippen molar-refractivity contribution in [2.24, 2.45) is 0 Å². The SMILES string of the molecule is COc1ccccc1C(=O)NC(=S)Nc1ccc(C(=O)NC(C)(C)C)cc1. The number of carbonyl (C=O) groups is 2. The van der Waals surface area contributed by atoms with Crippen LogP contribution in [0.5, 0.6) is 5.75 Å². The summed E-state index contributed by atoms with van der Waals surface area (Å²) >= 11 is 5.18.